The van der Waals surface area contributed by atoms with E-state index in [2.05, 4.69) is 31.4 Å². The van der Waals surface area contributed by atoms with Crippen molar-refractivity contribution < 1.29 is 14.3 Å². The molecule has 0 spiro atoms. The molecule has 3 N–H and O–H groups in total. The van der Waals surface area contributed by atoms with Crippen LogP contribution in [0.25, 0.3) is 11.0 Å². The minimum atomic E-state index is -0.0397. The van der Waals surface area contributed by atoms with E-state index in [0.29, 0.717) is 19.1 Å². The van der Waals surface area contributed by atoms with Gasteiger partial charge >= 0.3 is 0 Å². The quantitative estimate of drug-likeness (QED) is 0.396. The molecular weight excluding hydrogens is 354 g/mol. The number of fused-ring (bicyclic) bond motifs is 1. The molecule has 6 heteroatoms. The number of para-hydroxylation sites is 1. The zero-order valence-corrected chi connectivity index (χ0v) is 17.6. The van der Waals surface area contributed by atoms with E-state index in [1.54, 1.807) is 0 Å². The molecule has 6 nitrogen and oxygen atoms in total. The first kappa shape index (κ1) is 22.1. The van der Waals surface area contributed by atoms with Crippen molar-refractivity contribution >= 4 is 16.9 Å². The smallest absolute Gasteiger partial charge is 0.191 e. The number of benzene rings is 1. The van der Waals surface area contributed by atoms with Crippen LogP contribution in [0.2, 0.25) is 0 Å². The highest BCUT2D eigenvalue weighted by molar-refractivity contribution is 5.84. The first-order valence-electron chi connectivity index (χ1n) is 10.4. The summed E-state index contributed by atoms with van der Waals surface area (Å²) >= 11 is 0. The summed E-state index contributed by atoms with van der Waals surface area (Å²) in [5.41, 5.74) is 0.779. The summed E-state index contributed by atoms with van der Waals surface area (Å²) in [7, 11) is 0. The van der Waals surface area contributed by atoms with Crippen molar-refractivity contribution in [1.82, 2.24) is 10.6 Å². The van der Waals surface area contributed by atoms with Gasteiger partial charge in [0.2, 0.25) is 0 Å². The summed E-state index contributed by atoms with van der Waals surface area (Å²) in [4.78, 5) is 4.73. The Bertz CT molecular complexity index is 736. The molecule has 2 rings (SSSR count). The van der Waals surface area contributed by atoms with E-state index in [1.165, 1.54) is 0 Å². The average molecular weight is 390 g/mol. The number of nitrogens with zero attached hydrogens (tertiary/aromatic N) is 1. The molecule has 0 aliphatic carbocycles. The van der Waals surface area contributed by atoms with Crippen molar-refractivity contribution in [2.45, 2.75) is 53.0 Å². The zero-order chi connectivity index (χ0) is 20.4. The SMILES string of the molecule is CCCC(CCO)CN=C(NCC)NC(C)c1cc2cccc(OCC)c2o1. The van der Waals surface area contributed by atoms with Crippen LogP contribution < -0.4 is 15.4 Å². The fraction of sp³-hybridized carbons (Fsp3) is 0.591. The fourth-order valence-corrected chi connectivity index (χ4v) is 3.27. The van der Waals surface area contributed by atoms with E-state index >= 15 is 0 Å². The number of guanidine groups is 1. The highest BCUT2D eigenvalue weighted by atomic mass is 16.5. The molecule has 0 amide bonds. The summed E-state index contributed by atoms with van der Waals surface area (Å²) in [6, 6.07) is 7.94. The number of rotatable bonds is 11. The third-order valence-electron chi connectivity index (χ3n) is 4.69. The number of nitrogens with one attached hydrogen (secondary N) is 2. The molecule has 156 valence electrons. The Kier molecular flexibility index (Phi) is 9.14. The number of ether oxygens (including phenoxy) is 1. The van der Waals surface area contributed by atoms with Crippen LogP contribution >= 0.6 is 0 Å². The van der Waals surface area contributed by atoms with Gasteiger partial charge in [-0.2, -0.15) is 0 Å². The lowest BCUT2D eigenvalue weighted by molar-refractivity contribution is 0.253. The topological polar surface area (TPSA) is 79.0 Å². The lowest BCUT2D eigenvalue weighted by atomic mass is 10.0. The van der Waals surface area contributed by atoms with Crippen LogP contribution in [0.3, 0.4) is 0 Å². The van der Waals surface area contributed by atoms with Gasteiger partial charge in [-0.25, -0.2) is 0 Å². The minimum Gasteiger partial charge on any atom is -0.490 e. The van der Waals surface area contributed by atoms with Gasteiger partial charge in [0, 0.05) is 25.1 Å². The van der Waals surface area contributed by atoms with Crippen molar-refractivity contribution in [3.8, 4) is 5.75 Å². The van der Waals surface area contributed by atoms with E-state index in [-0.39, 0.29) is 12.6 Å². The van der Waals surface area contributed by atoms with Crippen molar-refractivity contribution in [1.29, 1.82) is 0 Å². The van der Waals surface area contributed by atoms with Gasteiger partial charge in [0.25, 0.3) is 0 Å². The molecule has 0 bridgehead atoms. The predicted molar refractivity (Wildman–Crippen MR) is 115 cm³/mol. The van der Waals surface area contributed by atoms with Gasteiger partial charge in [0.15, 0.2) is 17.3 Å². The molecule has 1 aromatic carbocycles. The number of hydrogen-bond acceptors (Lipinski definition) is 4. The summed E-state index contributed by atoms with van der Waals surface area (Å²) in [6.07, 6.45) is 2.96. The van der Waals surface area contributed by atoms with E-state index in [4.69, 9.17) is 14.1 Å². The van der Waals surface area contributed by atoms with Crippen LogP contribution in [0, 0.1) is 5.92 Å². The van der Waals surface area contributed by atoms with Crippen molar-refractivity contribution in [3.63, 3.8) is 0 Å². The van der Waals surface area contributed by atoms with Gasteiger partial charge in [-0.15, -0.1) is 0 Å². The zero-order valence-electron chi connectivity index (χ0n) is 17.6. The van der Waals surface area contributed by atoms with Gasteiger partial charge in [0.05, 0.1) is 12.6 Å². The minimum absolute atomic E-state index is 0.0397. The molecule has 2 atom stereocenters. The molecule has 0 radical (unpaired) electrons. The molecule has 0 saturated carbocycles. The highest BCUT2D eigenvalue weighted by Crippen LogP contribution is 2.31. The monoisotopic (exact) mass is 389 g/mol. The standard InChI is InChI=1S/C22H35N3O3/c1-5-9-17(12-13-26)15-24-22(23-6-2)25-16(4)20-14-18-10-8-11-19(27-7-3)21(18)28-20/h8,10-11,14,16-17,26H,5-7,9,12-13,15H2,1-4H3,(H2,23,24,25). The number of hydrogen-bond donors (Lipinski definition) is 3. The summed E-state index contributed by atoms with van der Waals surface area (Å²) < 4.78 is 11.8. The van der Waals surface area contributed by atoms with Crippen LogP contribution in [0.5, 0.6) is 5.75 Å². The second-order valence-electron chi connectivity index (χ2n) is 7.01. The number of furan rings is 1. The van der Waals surface area contributed by atoms with E-state index in [0.717, 1.165) is 54.2 Å². The molecule has 0 saturated heterocycles. The molecule has 1 aromatic heterocycles. The molecular formula is C22H35N3O3. The molecule has 2 unspecified atom stereocenters. The average Bonchev–Trinajstić information content (AvgIpc) is 3.12. The molecule has 0 fully saturated rings. The van der Waals surface area contributed by atoms with E-state index < -0.39 is 0 Å². The summed E-state index contributed by atoms with van der Waals surface area (Å²) in [5.74, 6) is 2.78. The normalized spacial score (nSPS) is 14.1. The lowest BCUT2D eigenvalue weighted by Gasteiger charge is -2.18. The van der Waals surface area contributed by atoms with Gasteiger partial charge in [0.1, 0.15) is 5.76 Å². The van der Waals surface area contributed by atoms with Crippen molar-refractivity contribution in [3.05, 3.63) is 30.0 Å². The molecule has 28 heavy (non-hydrogen) atoms. The number of aliphatic hydroxyl groups is 1. The van der Waals surface area contributed by atoms with Crippen molar-refractivity contribution in [2.24, 2.45) is 10.9 Å². The van der Waals surface area contributed by atoms with Gasteiger partial charge in [-0.05, 0) is 51.7 Å². The first-order chi connectivity index (χ1) is 13.6. The highest BCUT2D eigenvalue weighted by Gasteiger charge is 2.16. The van der Waals surface area contributed by atoms with Crippen molar-refractivity contribution in [2.75, 3.05) is 26.3 Å². The third-order valence-corrected chi connectivity index (χ3v) is 4.69. The predicted octanol–water partition coefficient (Wildman–Crippen LogP) is 4.25. The fourth-order valence-electron chi connectivity index (χ4n) is 3.27. The Morgan fingerprint density at radius 2 is 2.07 bits per heavy atom. The Hall–Kier alpha value is -2.21. The maximum Gasteiger partial charge on any atom is 0.191 e. The van der Waals surface area contributed by atoms with Crippen LogP contribution in [0.4, 0.5) is 0 Å². The maximum atomic E-state index is 9.25. The van der Waals surface area contributed by atoms with Gasteiger partial charge < -0.3 is 24.9 Å². The summed E-state index contributed by atoms with van der Waals surface area (Å²) in [5, 5.41) is 17.0. The largest absolute Gasteiger partial charge is 0.490 e. The number of aliphatic hydroxyl groups excluding tert-OH is 1. The Balaban J connectivity index is 2.12. The van der Waals surface area contributed by atoms with Gasteiger partial charge in [-0.1, -0.05) is 25.5 Å². The second kappa shape index (κ2) is 11.6. The lowest BCUT2D eigenvalue weighted by Crippen LogP contribution is -2.39. The Morgan fingerprint density at radius 1 is 1.25 bits per heavy atom. The molecule has 0 aliphatic rings. The van der Waals surface area contributed by atoms with Crippen LogP contribution in [-0.4, -0.2) is 37.4 Å². The van der Waals surface area contributed by atoms with Crippen LogP contribution in [0.1, 0.15) is 58.8 Å². The second-order valence-corrected chi connectivity index (χ2v) is 7.01. The number of aliphatic imine (C=N–C) groups is 1. The van der Waals surface area contributed by atoms with E-state index in [1.807, 2.05) is 31.2 Å². The maximum absolute atomic E-state index is 9.25. The summed E-state index contributed by atoms with van der Waals surface area (Å²) in [6.45, 7) is 10.5. The van der Waals surface area contributed by atoms with Crippen LogP contribution in [-0.2, 0) is 0 Å². The molecule has 1 heterocycles. The third kappa shape index (κ3) is 6.16. The van der Waals surface area contributed by atoms with Crippen LogP contribution in [0.15, 0.2) is 33.7 Å². The van der Waals surface area contributed by atoms with Gasteiger partial charge in [-0.3, -0.25) is 4.99 Å². The molecule has 0 aliphatic heterocycles. The Labute approximate surface area is 168 Å². The molecule has 2 aromatic rings. The van der Waals surface area contributed by atoms with E-state index in [9.17, 15) is 5.11 Å². The first-order valence-corrected chi connectivity index (χ1v) is 10.4. The Morgan fingerprint density at radius 3 is 2.75 bits per heavy atom.